The van der Waals surface area contributed by atoms with Crippen LogP contribution in [-0.4, -0.2) is 54.2 Å². The number of carbonyl (C=O) groups is 2. The lowest BCUT2D eigenvalue weighted by molar-refractivity contribution is -0.128. The molecule has 0 fully saturated rings. The van der Waals surface area contributed by atoms with Crippen LogP contribution in [-0.2, 0) is 26.1 Å². The number of para-hydroxylation sites is 1. The Labute approximate surface area is 314 Å². The molecule has 1 amide bonds. The van der Waals surface area contributed by atoms with Crippen LogP contribution in [0.2, 0.25) is 0 Å². The van der Waals surface area contributed by atoms with Gasteiger partial charge in [-0.1, -0.05) is 52.0 Å². The van der Waals surface area contributed by atoms with Crippen LogP contribution in [0.15, 0.2) is 67.7 Å². The average Bonchev–Trinajstić information content (AvgIpc) is 3.89. The van der Waals surface area contributed by atoms with Gasteiger partial charge in [-0.2, -0.15) is 4.39 Å². The number of fused-ring (bicyclic) bond motifs is 2. The molecule has 2 aromatic heterocycles. The molecule has 0 aliphatic carbocycles. The van der Waals surface area contributed by atoms with Crippen LogP contribution in [0.4, 0.5) is 13.2 Å². The molecule has 0 spiro atoms. The number of ether oxygens (including phenoxy) is 4. The first-order valence-electron chi connectivity index (χ1n) is 17.9. The molecule has 0 bridgehead atoms. The fourth-order valence-electron chi connectivity index (χ4n) is 5.87. The summed E-state index contributed by atoms with van der Waals surface area (Å²) in [5.41, 5.74) is 2.23. The van der Waals surface area contributed by atoms with E-state index in [2.05, 4.69) is 56.2 Å². The molecular formula is C41H49F3N4O6. The second-order valence-corrected chi connectivity index (χ2v) is 11.7. The zero-order valence-corrected chi connectivity index (χ0v) is 31.8. The third kappa shape index (κ3) is 9.44. The van der Waals surface area contributed by atoms with Crippen molar-refractivity contribution in [3.8, 4) is 28.6 Å². The molecule has 1 unspecified atom stereocenters. The van der Waals surface area contributed by atoms with Gasteiger partial charge in [0.2, 0.25) is 5.82 Å². The molecule has 1 atom stereocenters. The van der Waals surface area contributed by atoms with Crippen LogP contribution >= 0.6 is 0 Å². The normalized spacial score (nSPS) is 14.0. The molecule has 54 heavy (non-hydrogen) atoms. The van der Waals surface area contributed by atoms with E-state index in [1.165, 1.54) is 37.7 Å². The van der Waals surface area contributed by atoms with Crippen molar-refractivity contribution < 1.29 is 41.7 Å². The van der Waals surface area contributed by atoms with Crippen molar-refractivity contribution in [2.75, 3.05) is 26.9 Å². The number of hydrogen-bond acceptors (Lipinski definition) is 7. The Morgan fingerprint density at radius 2 is 1.81 bits per heavy atom. The summed E-state index contributed by atoms with van der Waals surface area (Å²) < 4.78 is 65.8. The second kappa shape index (κ2) is 20.5. The standard InChI is InChI=1S/C32H29F3N4O3.C4H8O.C3H6O2.C2H6/c1-4-6-17-7-5-8-21-28(17)41-14-12-32(21,2)23-16-38-30(39-23)20-15-18(9-10-22(20)33)42-29-24(31(40)36-3)19-11-13-37-27(19)25(34)26(29)35;1-3-5-4-2;1-2-5-3-4;1-2/h5,7-11,13,15-16,37H,4,6,12,14H2,1-3H3,(H,36,40)(H,38,39);3H,1,4H2,2H3;3H,2H2,1H3;1-2H3. The predicted octanol–water partition coefficient (Wildman–Crippen LogP) is 9.54. The Morgan fingerprint density at radius 1 is 1.07 bits per heavy atom. The topological polar surface area (TPSA) is 128 Å². The number of benzene rings is 3. The number of carbonyl (C=O) groups excluding carboxylic acids is 2. The Balaban J connectivity index is 0.000000574. The van der Waals surface area contributed by atoms with Crippen LogP contribution in [0.25, 0.3) is 22.3 Å². The van der Waals surface area contributed by atoms with E-state index in [0.717, 1.165) is 48.1 Å². The number of aryl methyl sites for hydroxylation is 1. The Kier molecular flexibility index (Phi) is 16.2. The molecule has 0 saturated carbocycles. The number of aromatic nitrogens is 3. The van der Waals surface area contributed by atoms with E-state index in [-0.39, 0.29) is 33.6 Å². The fraction of sp³-hybridized carbons (Fsp3) is 0.341. The van der Waals surface area contributed by atoms with Crippen molar-refractivity contribution in [2.45, 2.75) is 66.2 Å². The third-order valence-electron chi connectivity index (χ3n) is 8.47. The number of nitrogens with zero attached hydrogens (tertiary/aromatic N) is 1. The van der Waals surface area contributed by atoms with E-state index in [0.29, 0.717) is 26.1 Å². The summed E-state index contributed by atoms with van der Waals surface area (Å²) in [4.78, 5) is 32.2. The molecular weight excluding hydrogens is 701 g/mol. The lowest BCUT2D eigenvalue weighted by Gasteiger charge is -2.36. The molecule has 3 heterocycles. The molecule has 5 aromatic rings. The van der Waals surface area contributed by atoms with E-state index in [9.17, 15) is 14.0 Å². The maximum Gasteiger partial charge on any atom is 0.293 e. The molecule has 3 N–H and O–H groups in total. The van der Waals surface area contributed by atoms with E-state index >= 15 is 8.78 Å². The first kappa shape index (κ1) is 42.7. The third-order valence-corrected chi connectivity index (χ3v) is 8.47. The minimum absolute atomic E-state index is 0.00507. The zero-order valence-electron chi connectivity index (χ0n) is 31.8. The summed E-state index contributed by atoms with van der Waals surface area (Å²) in [5, 5.41) is 2.58. The van der Waals surface area contributed by atoms with Gasteiger partial charge in [-0.05, 0) is 63.4 Å². The lowest BCUT2D eigenvalue weighted by Crippen LogP contribution is -2.32. The quantitative estimate of drug-likeness (QED) is 0.0907. The number of nitrogens with one attached hydrogen (secondary N) is 3. The van der Waals surface area contributed by atoms with Gasteiger partial charge in [0.15, 0.2) is 11.6 Å². The van der Waals surface area contributed by atoms with E-state index in [1.807, 2.05) is 32.9 Å². The first-order valence-corrected chi connectivity index (χ1v) is 17.9. The molecule has 3 aromatic carbocycles. The minimum atomic E-state index is -1.34. The molecule has 1 aliphatic heterocycles. The maximum atomic E-state index is 15.2. The van der Waals surface area contributed by atoms with Crippen LogP contribution < -0.4 is 14.8 Å². The minimum Gasteiger partial charge on any atom is -0.502 e. The van der Waals surface area contributed by atoms with Gasteiger partial charge in [0.1, 0.15) is 23.1 Å². The van der Waals surface area contributed by atoms with Crippen molar-refractivity contribution in [2.24, 2.45) is 0 Å². The molecule has 10 nitrogen and oxygen atoms in total. The van der Waals surface area contributed by atoms with Gasteiger partial charge in [0.05, 0.1) is 42.7 Å². The van der Waals surface area contributed by atoms with Crippen molar-refractivity contribution in [3.63, 3.8) is 0 Å². The number of H-pyrrole nitrogens is 2. The summed E-state index contributed by atoms with van der Waals surface area (Å²) in [6.45, 7) is 17.4. The number of rotatable bonds is 11. The second-order valence-electron chi connectivity index (χ2n) is 11.7. The molecule has 1 aliphatic rings. The van der Waals surface area contributed by atoms with Crippen molar-refractivity contribution in [1.82, 2.24) is 20.3 Å². The smallest absolute Gasteiger partial charge is 0.293 e. The highest BCUT2D eigenvalue weighted by Gasteiger charge is 2.38. The number of imidazole rings is 1. The van der Waals surface area contributed by atoms with Crippen LogP contribution in [0.5, 0.6) is 17.2 Å². The van der Waals surface area contributed by atoms with Gasteiger partial charge in [0.25, 0.3) is 12.4 Å². The van der Waals surface area contributed by atoms with Gasteiger partial charge < -0.3 is 34.2 Å². The summed E-state index contributed by atoms with van der Waals surface area (Å²) in [7, 11) is 1.37. The highest BCUT2D eigenvalue weighted by molar-refractivity contribution is 6.09. The highest BCUT2D eigenvalue weighted by Crippen LogP contribution is 2.45. The number of halogens is 3. The number of aromatic amines is 2. The van der Waals surface area contributed by atoms with Crippen LogP contribution in [0, 0.1) is 17.5 Å². The molecule has 6 rings (SSSR count). The van der Waals surface area contributed by atoms with Gasteiger partial charge in [-0.15, -0.1) is 0 Å². The summed E-state index contributed by atoms with van der Waals surface area (Å²) in [6.07, 6.45) is 7.09. The van der Waals surface area contributed by atoms with Gasteiger partial charge in [-0.3, -0.25) is 9.59 Å². The highest BCUT2D eigenvalue weighted by atomic mass is 19.2. The number of hydrogen-bond donors (Lipinski definition) is 3. The van der Waals surface area contributed by atoms with Crippen LogP contribution in [0.3, 0.4) is 0 Å². The Bertz CT molecular complexity index is 2000. The molecule has 290 valence electrons. The van der Waals surface area contributed by atoms with Gasteiger partial charge in [-0.25, -0.2) is 13.8 Å². The van der Waals surface area contributed by atoms with Crippen molar-refractivity contribution in [1.29, 1.82) is 0 Å². The predicted molar refractivity (Wildman–Crippen MR) is 204 cm³/mol. The van der Waals surface area contributed by atoms with E-state index < -0.39 is 34.5 Å². The van der Waals surface area contributed by atoms with Crippen molar-refractivity contribution in [3.05, 3.63) is 108 Å². The fourth-order valence-corrected chi connectivity index (χ4v) is 5.87. The van der Waals surface area contributed by atoms with Crippen molar-refractivity contribution >= 4 is 23.3 Å². The lowest BCUT2D eigenvalue weighted by atomic mass is 9.74. The van der Waals surface area contributed by atoms with E-state index in [1.54, 1.807) is 13.1 Å². The summed E-state index contributed by atoms with van der Waals surface area (Å²) >= 11 is 0. The summed E-state index contributed by atoms with van der Waals surface area (Å²) in [6, 6.07) is 11.4. The Hall–Kier alpha value is -5.72. The average molecular weight is 751 g/mol. The molecule has 0 radical (unpaired) electrons. The summed E-state index contributed by atoms with van der Waals surface area (Å²) in [5.74, 6) is -3.28. The molecule has 0 saturated heterocycles. The monoisotopic (exact) mass is 750 g/mol. The maximum absolute atomic E-state index is 15.2. The zero-order chi connectivity index (χ0) is 39.8. The number of amides is 1. The van der Waals surface area contributed by atoms with Gasteiger partial charge >= 0.3 is 0 Å². The van der Waals surface area contributed by atoms with E-state index in [4.69, 9.17) is 9.47 Å². The van der Waals surface area contributed by atoms with Gasteiger partial charge in [0, 0.05) is 41.5 Å². The Morgan fingerprint density at radius 3 is 2.43 bits per heavy atom. The molecule has 13 heteroatoms. The largest absolute Gasteiger partial charge is 0.502 e. The first-order chi connectivity index (χ1) is 26.1. The SMILES string of the molecule is C=COCC.CC.CCCc1cccc2c1OCCC2(C)c1cnc(-c2cc(Oc3c(F)c(F)c4[nH]ccc4c3C(=O)NC)ccc2F)[nH]1.CCOC=O. The van der Waals surface area contributed by atoms with Crippen LogP contribution in [0.1, 0.15) is 81.6 Å².